The van der Waals surface area contributed by atoms with Gasteiger partial charge in [-0.25, -0.2) is 9.59 Å². The minimum Gasteiger partial charge on any atom is -0.462 e. The molecule has 0 atom stereocenters. The molecule has 0 spiro atoms. The Kier molecular flexibility index (Phi) is 15.0. The number of ether oxygens (including phenoxy) is 2. The van der Waals surface area contributed by atoms with Crippen LogP contribution in [-0.2, 0) is 16.0 Å². The molecular formula is C32H44O4. The molecule has 0 radical (unpaired) electrons. The van der Waals surface area contributed by atoms with Crippen molar-refractivity contribution in [1.82, 2.24) is 0 Å². The predicted molar refractivity (Wildman–Crippen MR) is 148 cm³/mol. The van der Waals surface area contributed by atoms with E-state index in [1.165, 1.54) is 75.8 Å². The van der Waals surface area contributed by atoms with E-state index in [2.05, 4.69) is 13.8 Å². The van der Waals surface area contributed by atoms with E-state index in [4.69, 9.17) is 9.47 Å². The maximum atomic E-state index is 12.2. The summed E-state index contributed by atoms with van der Waals surface area (Å²) in [6.07, 6.45) is 18.8. The molecule has 0 aliphatic carbocycles. The smallest absolute Gasteiger partial charge is 0.338 e. The van der Waals surface area contributed by atoms with Gasteiger partial charge in [0.2, 0.25) is 0 Å². The zero-order chi connectivity index (χ0) is 25.8. The van der Waals surface area contributed by atoms with Gasteiger partial charge >= 0.3 is 11.9 Å². The van der Waals surface area contributed by atoms with Crippen molar-refractivity contribution < 1.29 is 19.1 Å². The maximum Gasteiger partial charge on any atom is 0.338 e. The van der Waals surface area contributed by atoms with E-state index >= 15 is 0 Å². The summed E-state index contributed by atoms with van der Waals surface area (Å²) in [4.78, 5) is 24.4. The first-order valence-corrected chi connectivity index (χ1v) is 13.9. The first kappa shape index (κ1) is 29.4. The third-order valence-corrected chi connectivity index (χ3v) is 6.25. The molecule has 2 rings (SSSR count). The molecule has 196 valence electrons. The zero-order valence-electron chi connectivity index (χ0n) is 22.3. The molecule has 2 aromatic rings. The van der Waals surface area contributed by atoms with E-state index in [1.54, 1.807) is 30.3 Å². The van der Waals surface area contributed by atoms with Gasteiger partial charge in [-0.15, -0.1) is 0 Å². The largest absolute Gasteiger partial charge is 0.462 e. The number of unbranched alkanes of at least 4 members (excludes halogenated alkanes) is 10. The number of carbonyl (C=O) groups is 2. The highest BCUT2D eigenvalue weighted by Crippen LogP contribution is 2.15. The van der Waals surface area contributed by atoms with Gasteiger partial charge in [0.25, 0.3) is 0 Å². The van der Waals surface area contributed by atoms with Gasteiger partial charge in [-0.3, -0.25) is 0 Å². The van der Waals surface area contributed by atoms with Crippen molar-refractivity contribution in [2.45, 2.75) is 97.3 Å². The lowest BCUT2D eigenvalue weighted by Crippen LogP contribution is -2.06. The molecule has 0 aliphatic rings. The van der Waals surface area contributed by atoms with E-state index in [-0.39, 0.29) is 5.97 Å². The van der Waals surface area contributed by atoms with Crippen LogP contribution < -0.4 is 4.74 Å². The zero-order valence-corrected chi connectivity index (χ0v) is 22.3. The number of benzene rings is 2. The lowest BCUT2D eigenvalue weighted by atomic mass is 10.1. The molecule has 0 bridgehead atoms. The SMILES string of the molecule is CCCCCCCCCCCOC(=O)c1ccc(C=CC(=O)Oc2ccc(CCCCC)cc2)cc1. The fourth-order valence-electron chi connectivity index (χ4n) is 4.01. The molecule has 0 aromatic heterocycles. The average molecular weight is 493 g/mol. The number of esters is 2. The Morgan fingerprint density at radius 3 is 1.92 bits per heavy atom. The minimum atomic E-state index is -0.432. The predicted octanol–water partition coefficient (Wildman–Crippen LogP) is 8.73. The quantitative estimate of drug-likeness (QED) is 0.0903. The van der Waals surface area contributed by atoms with E-state index in [0.717, 1.165) is 24.8 Å². The fraction of sp³-hybridized carbons (Fsp3) is 0.500. The van der Waals surface area contributed by atoms with E-state index in [0.29, 0.717) is 17.9 Å². The highest BCUT2D eigenvalue weighted by Gasteiger charge is 2.07. The molecule has 4 nitrogen and oxygen atoms in total. The van der Waals surface area contributed by atoms with Gasteiger partial charge in [-0.1, -0.05) is 102 Å². The van der Waals surface area contributed by atoms with E-state index in [9.17, 15) is 9.59 Å². The van der Waals surface area contributed by atoms with Crippen LogP contribution in [0.2, 0.25) is 0 Å². The Morgan fingerprint density at radius 2 is 1.28 bits per heavy atom. The first-order chi connectivity index (χ1) is 17.6. The van der Waals surface area contributed by atoms with Crippen molar-refractivity contribution in [3.63, 3.8) is 0 Å². The van der Waals surface area contributed by atoms with E-state index < -0.39 is 5.97 Å². The number of rotatable bonds is 18. The minimum absolute atomic E-state index is 0.303. The second kappa shape index (κ2) is 18.4. The number of carbonyl (C=O) groups excluding carboxylic acids is 2. The van der Waals surface area contributed by atoms with E-state index in [1.807, 2.05) is 24.3 Å². The van der Waals surface area contributed by atoms with Crippen LogP contribution in [0.5, 0.6) is 5.75 Å². The molecule has 0 unspecified atom stereocenters. The van der Waals surface area contributed by atoms with Crippen LogP contribution in [0, 0.1) is 0 Å². The highest BCUT2D eigenvalue weighted by atomic mass is 16.5. The van der Waals surface area contributed by atoms with Gasteiger partial charge in [0.15, 0.2) is 0 Å². The van der Waals surface area contributed by atoms with Crippen LogP contribution in [0.25, 0.3) is 6.08 Å². The van der Waals surface area contributed by atoms with Gasteiger partial charge in [-0.05, 0) is 60.7 Å². The number of hydrogen-bond donors (Lipinski definition) is 0. The Hall–Kier alpha value is -2.88. The standard InChI is InChI=1S/C32H44O4/c1-3-5-7-8-9-10-11-12-14-26-35-32(34)29-21-16-28(17-22-29)20-25-31(33)36-30-23-18-27(19-24-30)15-13-6-4-2/h16-25H,3-15,26H2,1-2H3. The van der Waals surface area contributed by atoms with Crippen LogP contribution in [-0.4, -0.2) is 18.5 Å². The summed E-state index contributed by atoms with van der Waals surface area (Å²) in [5.41, 5.74) is 2.59. The summed E-state index contributed by atoms with van der Waals surface area (Å²) in [7, 11) is 0. The average Bonchev–Trinajstić information content (AvgIpc) is 2.90. The molecule has 36 heavy (non-hydrogen) atoms. The van der Waals surface area contributed by atoms with Gasteiger partial charge in [0.1, 0.15) is 5.75 Å². The fourth-order valence-corrected chi connectivity index (χ4v) is 4.01. The summed E-state index contributed by atoms with van der Waals surface area (Å²) in [6, 6.07) is 14.7. The van der Waals surface area contributed by atoms with Gasteiger partial charge in [0.05, 0.1) is 12.2 Å². The Balaban J connectivity index is 1.65. The molecule has 2 aromatic carbocycles. The highest BCUT2D eigenvalue weighted by molar-refractivity contribution is 5.91. The molecule has 0 saturated heterocycles. The molecule has 0 saturated carbocycles. The van der Waals surface area contributed by atoms with Crippen molar-refractivity contribution in [3.8, 4) is 5.75 Å². The molecule has 0 heterocycles. The molecular weight excluding hydrogens is 448 g/mol. The summed E-state index contributed by atoms with van der Waals surface area (Å²) >= 11 is 0. The Bertz CT molecular complexity index is 897. The summed E-state index contributed by atoms with van der Waals surface area (Å²) in [5.74, 6) is -0.199. The van der Waals surface area contributed by atoms with Crippen molar-refractivity contribution >= 4 is 18.0 Å². The molecule has 0 fully saturated rings. The topological polar surface area (TPSA) is 52.6 Å². The second-order valence-electron chi connectivity index (χ2n) is 9.44. The van der Waals surface area contributed by atoms with Crippen LogP contribution in [0.1, 0.15) is 112 Å². The second-order valence-corrected chi connectivity index (χ2v) is 9.44. The molecule has 0 aliphatic heterocycles. The van der Waals surface area contributed by atoms with Gasteiger partial charge in [0, 0.05) is 6.08 Å². The lowest BCUT2D eigenvalue weighted by molar-refractivity contribution is -0.128. The normalized spacial score (nSPS) is 11.1. The third kappa shape index (κ3) is 12.7. The van der Waals surface area contributed by atoms with Crippen molar-refractivity contribution in [3.05, 3.63) is 71.3 Å². The van der Waals surface area contributed by atoms with Gasteiger partial charge < -0.3 is 9.47 Å². The van der Waals surface area contributed by atoms with Crippen molar-refractivity contribution in [2.75, 3.05) is 6.61 Å². The molecule has 0 N–H and O–H groups in total. The van der Waals surface area contributed by atoms with Crippen LogP contribution in [0.4, 0.5) is 0 Å². The van der Waals surface area contributed by atoms with Crippen molar-refractivity contribution in [1.29, 1.82) is 0 Å². The first-order valence-electron chi connectivity index (χ1n) is 13.9. The van der Waals surface area contributed by atoms with Crippen LogP contribution in [0.15, 0.2) is 54.6 Å². The summed E-state index contributed by atoms with van der Waals surface area (Å²) < 4.78 is 10.8. The maximum absolute atomic E-state index is 12.2. The number of aryl methyl sites for hydroxylation is 1. The van der Waals surface area contributed by atoms with Crippen molar-refractivity contribution in [2.24, 2.45) is 0 Å². The van der Waals surface area contributed by atoms with Crippen LogP contribution >= 0.6 is 0 Å². The molecule has 4 heteroatoms. The number of hydrogen-bond acceptors (Lipinski definition) is 4. The monoisotopic (exact) mass is 492 g/mol. The summed E-state index contributed by atoms with van der Waals surface area (Å²) in [6.45, 7) is 4.89. The Morgan fingerprint density at radius 1 is 0.694 bits per heavy atom. The van der Waals surface area contributed by atoms with Crippen LogP contribution in [0.3, 0.4) is 0 Å². The van der Waals surface area contributed by atoms with Gasteiger partial charge in [-0.2, -0.15) is 0 Å². The lowest BCUT2D eigenvalue weighted by Gasteiger charge is -2.06. The summed E-state index contributed by atoms with van der Waals surface area (Å²) in [5, 5.41) is 0. The third-order valence-electron chi connectivity index (χ3n) is 6.25. The Labute approximate surface area is 218 Å². The molecule has 0 amide bonds.